The number of hydrogen-bond acceptors (Lipinski definition) is 8. The highest BCUT2D eigenvalue weighted by molar-refractivity contribution is 7.80. The summed E-state index contributed by atoms with van der Waals surface area (Å²) in [5.74, 6) is 0. The lowest BCUT2D eigenvalue weighted by Crippen LogP contribution is -2.24. The zero-order valence-corrected chi connectivity index (χ0v) is 17.0. The molecule has 11 heteroatoms. The number of nitrogens with zero attached hydrogens (tertiary/aromatic N) is 5. The number of benzene rings is 2. The number of carbonyl (C=O) groups excluding carboxylic acids is 1. The van der Waals surface area contributed by atoms with E-state index >= 15 is 0 Å². The van der Waals surface area contributed by atoms with Gasteiger partial charge in [0.15, 0.2) is 0 Å². The van der Waals surface area contributed by atoms with Crippen molar-refractivity contribution < 1.29 is 9.21 Å². The molecule has 0 aliphatic carbocycles. The van der Waals surface area contributed by atoms with Crippen LogP contribution < -0.4 is 10.6 Å². The minimum absolute atomic E-state index is 0.287. The van der Waals surface area contributed by atoms with Crippen molar-refractivity contribution in [3.63, 3.8) is 0 Å². The van der Waals surface area contributed by atoms with Crippen LogP contribution in [0.2, 0.25) is 0 Å². The topological polar surface area (TPSA) is 111 Å². The average Bonchev–Trinajstić information content (AvgIpc) is 3.37. The molecular weight excluding hydrogens is 410 g/mol. The normalized spacial score (nSPS) is 10.0. The Morgan fingerprint density at radius 1 is 1.10 bits per heavy atom. The minimum atomic E-state index is -0.287. The summed E-state index contributed by atoms with van der Waals surface area (Å²) in [6.07, 6.45) is 1.59. The van der Waals surface area contributed by atoms with Gasteiger partial charge in [-0.2, -0.15) is 4.68 Å². The molecule has 0 radical (unpaired) electrons. The standard InChI is InChI=1S/C9H10N6OS.C9H7NOS/c1-10-8(16)11-6-3-2-4-7(5-6)15-9(17)12-13-14-15;12-9-10-8(6-11-9)7-4-2-1-3-5-7/h2-5H,1H3,(H2,10,11,16)(H,12,14,17);1-6H,(H,10,12). The fourth-order valence-electron chi connectivity index (χ4n) is 2.26. The van der Waals surface area contributed by atoms with Crippen LogP contribution in [0.4, 0.5) is 10.5 Å². The predicted molar refractivity (Wildman–Crippen MR) is 114 cm³/mol. The second-order valence-electron chi connectivity index (χ2n) is 5.53. The zero-order valence-electron chi connectivity index (χ0n) is 15.2. The summed E-state index contributed by atoms with van der Waals surface area (Å²) < 4.78 is 6.43. The third-order valence-electron chi connectivity index (χ3n) is 3.59. The molecule has 4 rings (SSSR count). The van der Waals surface area contributed by atoms with E-state index in [9.17, 15) is 4.79 Å². The van der Waals surface area contributed by atoms with Gasteiger partial charge in [-0.1, -0.05) is 49.0 Å². The predicted octanol–water partition coefficient (Wildman–Crippen LogP) is 3.33. The Hall–Kier alpha value is -3.31. The number of amides is 2. The lowest BCUT2D eigenvalue weighted by molar-refractivity contribution is 0.254. The molecule has 0 bridgehead atoms. The summed E-state index contributed by atoms with van der Waals surface area (Å²) in [5.41, 5.74) is 3.22. The zero-order chi connectivity index (χ0) is 20.6. The number of anilines is 1. The molecule has 0 unspecified atom stereocenters. The Morgan fingerprint density at radius 2 is 1.90 bits per heavy atom. The lowest BCUT2D eigenvalue weighted by atomic mass is 10.2. The molecule has 4 aromatic rings. The van der Waals surface area contributed by atoms with Crippen LogP contribution in [0, 0.1) is 0 Å². The number of thiol groups is 2. The number of tetrazole rings is 1. The first-order chi connectivity index (χ1) is 14.1. The number of urea groups is 1. The van der Waals surface area contributed by atoms with Crippen LogP contribution in [0.1, 0.15) is 0 Å². The van der Waals surface area contributed by atoms with Gasteiger partial charge in [0.05, 0.1) is 5.69 Å². The highest BCUT2D eigenvalue weighted by Gasteiger charge is 2.06. The largest absolute Gasteiger partial charge is 0.439 e. The lowest BCUT2D eigenvalue weighted by Gasteiger charge is -2.06. The van der Waals surface area contributed by atoms with Gasteiger partial charge in [-0.15, -0.1) is 17.7 Å². The molecule has 2 heterocycles. The van der Waals surface area contributed by atoms with E-state index in [1.165, 1.54) is 4.68 Å². The van der Waals surface area contributed by atoms with Gasteiger partial charge in [0.25, 0.3) is 5.22 Å². The van der Waals surface area contributed by atoms with Crippen LogP contribution in [0.3, 0.4) is 0 Å². The highest BCUT2D eigenvalue weighted by Crippen LogP contribution is 2.19. The fraction of sp³-hybridized carbons (Fsp3) is 0.0556. The van der Waals surface area contributed by atoms with Gasteiger partial charge in [-0.3, -0.25) is 0 Å². The fourth-order valence-corrected chi connectivity index (χ4v) is 2.62. The van der Waals surface area contributed by atoms with Crippen LogP contribution in [0.5, 0.6) is 0 Å². The summed E-state index contributed by atoms with van der Waals surface area (Å²) in [4.78, 5) is 15.2. The maximum absolute atomic E-state index is 11.2. The maximum atomic E-state index is 11.2. The number of hydrogen-bond donors (Lipinski definition) is 4. The van der Waals surface area contributed by atoms with E-state index in [2.05, 4.69) is 56.4 Å². The first-order valence-corrected chi connectivity index (χ1v) is 9.22. The van der Waals surface area contributed by atoms with Crippen LogP contribution in [-0.2, 0) is 0 Å². The molecule has 0 fully saturated rings. The molecule has 0 aliphatic rings. The van der Waals surface area contributed by atoms with Gasteiger partial charge < -0.3 is 15.1 Å². The molecule has 0 atom stereocenters. The van der Waals surface area contributed by atoms with E-state index in [-0.39, 0.29) is 6.03 Å². The number of nitrogens with one attached hydrogen (secondary N) is 2. The molecule has 2 N–H and O–H groups in total. The summed E-state index contributed by atoms with van der Waals surface area (Å²) in [7, 11) is 1.55. The Balaban J connectivity index is 0.000000176. The smallest absolute Gasteiger partial charge is 0.318 e. The first-order valence-electron chi connectivity index (χ1n) is 8.33. The Kier molecular flexibility index (Phi) is 6.87. The molecule has 148 valence electrons. The Labute approximate surface area is 177 Å². The number of carbonyl (C=O) groups is 1. The van der Waals surface area contributed by atoms with Gasteiger partial charge in [-0.05, 0) is 28.6 Å². The SMILES string of the molecule is CNC(=O)Nc1cccc(-n2nnnc2S)c1.Sc1nc(-c2ccccc2)co1. The van der Waals surface area contributed by atoms with Gasteiger partial charge in [0.2, 0.25) is 5.16 Å². The van der Waals surface area contributed by atoms with Crippen molar-refractivity contribution in [1.82, 2.24) is 30.5 Å². The molecule has 2 amide bonds. The number of oxazole rings is 1. The second-order valence-corrected chi connectivity index (χ2v) is 6.31. The molecule has 2 aromatic heterocycles. The quantitative estimate of drug-likeness (QED) is 0.373. The highest BCUT2D eigenvalue weighted by atomic mass is 32.1. The Bertz CT molecular complexity index is 1080. The summed E-state index contributed by atoms with van der Waals surface area (Å²) in [6, 6.07) is 16.7. The maximum Gasteiger partial charge on any atom is 0.318 e. The molecular formula is C18H17N7O2S2. The van der Waals surface area contributed by atoms with Crippen LogP contribution in [0.25, 0.3) is 16.9 Å². The van der Waals surface area contributed by atoms with Crippen molar-refractivity contribution in [2.24, 2.45) is 0 Å². The summed E-state index contributed by atoms with van der Waals surface area (Å²) in [5, 5.41) is 16.8. The summed E-state index contributed by atoms with van der Waals surface area (Å²) in [6.45, 7) is 0. The molecule has 29 heavy (non-hydrogen) atoms. The average molecular weight is 428 g/mol. The van der Waals surface area contributed by atoms with Crippen molar-refractivity contribution in [2.45, 2.75) is 10.4 Å². The number of aromatic nitrogens is 5. The molecule has 9 nitrogen and oxygen atoms in total. The van der Waals surface area contributed by atoms with Crippen molar-refractivity contribution in [1.29, 1.82) is 0 Å². The van der Waals surface area contributed by atoms with Gasteiger partial charge in [0.1, 0.15) is 12.0 Å². The monoisotopic (exact) mass is 427 g/mol. The second kappa shape index (κ2) is 9.75. The van der Waals surface area contributed by atoms with Crippen molar-refractivity contribution in [3.05, 3.63) is 60.9 Å². The van der Waals surface area contributed by atoms with Crippen molar-refractivity contribution >= 4 is 37.0 Å². The van der Waals surface area contributed by atoms with E-state index in [0.717, 1.165) is 11.3 Å². The number of rotatable bonds is 3. The Morgan fingerprint density at radius 3 is 2.52 bits per heavy atom. The van der Waals surface area contributed by atoms with E-state index in [4.69, 9.17) is 4.42 Å². The van der Waals surface area contributed by atoms with E-state index < -0.39 is 0 Å². The third-order valence-corrected chi connectivity index (χ3v) is 4.07. The molecule has 0 saturated carbocycles. The molecule has 2 aromatic carbocycles. The third kappa shape index (κ3) is 5.59. The van der Waals surface area contributed by atoms with Crippen LogP contribution in [-0.4, -0.2) is 38.3 Å². The van der Waals surface area contributed by atoms with E-state index in [1.54, 1.807) is 31.5 Å². The summed E-state index contributed by atoms with van der Waals surface area (Å²) >= 11 is 8.09. The van der Waals surface area contributed by atoms with E-state index in [1.807, 2.05) is 36.4 Å². The van der Waals surface area contributed by atoms with Gasteiger partial charge in [-0.25, -0.2) is 9.78 Å². The minimum Gasteiger partial charge on any atom is -0.439 e. The van der Waals surface area contributed by atoms with Crippen molar-refractivity contribution in [3.8, 4) is 16.9 Å². The van der Waals surface area contributed by atoms with Gasteiger partial charge in [0, 0.05) is 18.3 Å². The van der Waals surface area contributed by atoms with Crippen LogP contribution in [0.15, 0.2) is 75.7 Å². The van der Waals surface area contributed by atoms with E-state index in [0.29, 0.717) is 21.8 Å². The molecule has 0 spiro atoms. The van der Waals surface area contributed by atoms with Gasteiger partial charge >= 0.3 is 6.03 Å². The van der Waals surface area contributed by atoms with Crippen LogP contribution >= 0.6 is 25.3 Å². The van der Waals surface area contributed by atoms with Crippen molar-refractivity contribution in [2.75, 3.05) is 12.4 Å². The first kappa shape index (κ1) is 20.4. The molecule has 0 aliphatic heterocycles. The molecule has 0 saturated heterocycles.